The molecule has 0 aliphatic rings. The van der Waals surface area contributed by atoms with Gasteiger partial charge in [-0.25, -0.2) is 0 Å². The van der Waals surface area contributed by atoms with Crippen molar-refractivity contribution in [1.29, 1.82) is 0 Å². The zero-order valence-electron chi connectivity index (χ0n) is 9.87. The Morgan fingerprint density at radius 2 is 1.67 bits per heavy atom. The number of aliphatic imine (C=N–C) groups is 1. The number of benzene rings is 1. The number of aryl methyl sites for hydroxylation is 1. The first-order chi connectivity index (χ1) is 8.39. The van der Waals surface area contributed by atoms with Crippen LogP contribution in [0.1, 0.15) is 24.0 Å². The van der Waals surface area contributed by atoms with Gasteiger partial charge >= 0.3 is 6.18 Å². The number of guanidine groups is 1. The third-order valence-corrected chi connectivity index (χ3v) is 2.45. The molecule has 3 nitrogen and oxygen atoms in total. The van der Waals surface area contributed by atoms with Crippen LogP contribution in [-0.2, 0) is 12.6 Å². The minimum absolute atomic E-state index is 0.0598. The smallest absolute Gasteiger partial charge is 0.370 e. The highest BCUT2D eigenvalue weighted by molar-refractivity contribution is 5.75. The van der Waals surface area contributed by atoms with Crippen molar-refractivity contribution in [2.75, 3.05) is 6.54 Å². The monoisotopic (exact) mass is 259 g/mol. The fraction of sp³-hybridized carbons (Fsp3) is 0.417. The summed E-state index contributed by atoms with van der Waals surface area (Å²) in [5.74, 6) is 0.0598. The van der Waals surface area contributed by atoms with Crippen molar-refractivity contribution in [3.05, 3.63) is 35.4 Å². The van der Waals surface area contributed by atoms with Crippen molar-refractivity contribution in [3.63, 3.8) is 0 Å². The molecule has 1 rings (SSSR count). The summed E-state index contributed by atoms with van der Waals surface area (Å²) in [4.78, 5) is 3.83. The maximum Gasteiger partial charge on any atom is 0.416 e. The van der Waals surface area contributed by atoms with Gasteiger partial charge in [0.2, 0.25) is 0 Å². The van der Waals surface area contributed by atoms with Crippen molar-refractivity contribution in [2.24, 2.45) is 16.5 Å². The molecule has 0 spiro atoms. The third-order valence-electron chi connectivity index (χ3n) is 2.45. The summed E-state index contributed by atoms with van der Waals surface area (Å²) in [6.07, 6.45) is -1.91. The number of nitrogens with two attached hydrogens (primary N) is 2. The van der Waals surface area contributed by atoms with Crippen molar-refractivity contribution in [2.45, 2.75) is 25.4 Å². The summed E-state index contributed by atoms with van der Waals surface area (Å²) >= 11 is 0. The molecule has 0 aromatic heterocycles. The Labute approximate surface area is 104 Å². The molecule has 18 heavy (non-hydrogen) atoms. The summed E-state index contributed by atoms with van der Waals surface area (Å²) in [6, 6.07) is 5.21. The predicted molar refractivity (Wildman–Crippen MR) is 65.1 cm³/mol. The van der Waals surface area contributed by atoms with Gasteiger partial charge in [-0.1, -0.05) is 12.1 Å². The molecule has 0 saturated carbocycles. The molecular formula is C12H16F3N3. The van der Waals surface area contributed by atoms with Crippen molar-refractivity contribution in [1.82, 2.24) is 0 Å². The first-order valence-corrected chi connectivity index (χ1v) is 5.61. The van der Waals surface area contributed by atoms with Crippen LogP contribution in [0.25, 0.3) is 0 Å². The molecule has 0 amide bonds. The van der Waals surface area contributed by atoms with Gasteiger partial charge in [0.25, 0.3) is 0 Å². The first kappa shape index (κ1) is 14.3. The SMILES string of the molecule is NC(N)=NCCCCc1ccc(C(F)(F)F)cc1. The highest BCUT2D eigenvalue weighted by atomic mass is 19.4. The van der Waals surface area contributed by atoms with E-state index in [1.807, 2.05) is 0 Å². The molecule has 0 atom stereocenters. The number of halogens is 3. The molecule has 0 fully saturated rings. The molecule has 1 aromatic rings. The number of unbranched alkanes of at least 4 members (excludes halogenated alkanes) is 1. The second-order valence-corrected chi connectivity index (χ2v) is 3.96. The van der Waals surface area contributed by atoms with Crippen LogP contribution in [0.4, 0.5) is 13.2 Å². The van der Waals surface area contributed by atoms with E-state index in [-0.39, 0.29) is 5.96 Å². The first-order valence-electron chi connectivity index (χ1n) is 5.61. The molecule has 100 valence electrons. The second kappa shape index (κ2) is 6.28. The Hall–Kier alpha value is -1.72. The molecule has 0 saturated heterocycles. The molecule has 0 radical (unpaired) electrons. The van der Waals surface area contributed by atoms with Crippen LogP contribution in [-0.4, -0.2) is 12.5 Å². The second-order valence-electron chi connectivity index (χ2n) is 3.96. The predicted octanol–water partition coefficient (Wildman–Crippen LogP) is 2.30. The van der Waals surface area contributed by atoms with E-state index in [0.29, 0.717) is 6.54 Å². The Bertz CT molecular complexity index is 392. The van der Waals surface area contributed by atoms with Gasteiger partial charge in [0, 0.05) is 6.54 Å². The van der Waals surface area contributed by atoms with Crippen LogP contribution in [0.3, 0.4) is 0 Å². The van der Waals surface area contributed by atoms with Gasteiger partial charge in [0.05, 0.1) is 5.56 Å². The number of rotatable bonds is 5. The number of nitrogens with zero attached hydrogens (tertiary/aromatic N) is 1. The van der Waals surface area contributed by atoms with E-state index >= 15 is 0 Å². The number of hydrogen-bond acceptors (Lipinski definition) is 1. The quantitative estimate of drug-likeness (QED) is 0.484. The van der Waals surface area contributed by atoms with Gasteiger partial charge in [-0.3, -0.25) is 4.99 Å². The van der Waals surface area contributed by atoms with Crippen LogP contribution in [0.15, 0.2) is 29.3 Å². The highest BCUT2D eigenvalue weighted by Crippen LogP contribution is 2.29. The molecule has 4 N–H and O–H groups in total. The third kappa shape index (κ3) is 5.07. The lowest BCUT2D eigenvalue weighted by atomic mass is 10.1. The van der Waals surface area contributed by atoms with Crippen LogP contribution < -0.4 is 11.5 Å². The van der Waals surface area contributed by atoms with E-state index < -0.39 is 11.7 Å². The Morgan fingerprint density at radius 1 is 1.06 bits per heavy atom. The standard InChI is InChI=1S/C12H16F3N3/c13-12(14,15)10-6-4-9(5-7-10)3-1-2-8-18-11(16)17/h4-7H,1-3,8H2,(H4,16,17,18). The van der Waals surface area contributed by atoms with Gasteiger partial charge in [0.1, 0.15) is 0 Å². The van der Waals surface area contributed by atoms with Crippen molar-refractivity contribution < 1.29 is 13.2 Å². The minimum Gasteiger partial charge on any atom is -0.370 e. The van der Waals surface area contributed by atoms with Crippen molar-refractivity contribution in [3.8, 4) is 0 Å². The fourth-order valence-corrected chi connectivity index (χ4v) is 1.51. The summed E-state index contributed by atoms with van der Waals surface area (Å²) in [6.45, 7) is 0.545. The van der Waals surface area contributed by atoms with E-state index in [4.69, 9.17) is 11.5 Å². The zero-order chi connectivity index (χ0) is 13.6. The molecule has 0 heterocycles. The molecule has 0 aliphatic heterocycles. The molecule has 0 bridgehead atoms. The zero-order valence-corrected chi connectivity index (χ0v) is 9.87. The Morgan fingerprint density at radius 3 is 2.17 bits per heavy atom. The lowest BCUT2D eigenvalue weighted by molar-refractivity contribution is -0.137. The van der Waals surface area contributed by atoms with E-state index in [1.54, 1.807) is 0 Å². The van der Waals surface area contributed by atoms with E-state index in [9.17, 15) is 13.2 Å². The highest BCUT2D eigenvalue weighted by Gasteiger charge is 2.29. The van der Waals surface area contributed by atoms with Crippen LogP contribution in [0.2, 0.25) is 0 Å². The number of alkyl halides is 3. The Kier molecular flexibility index (Phi) is 5.00. The van der Waals surface area contributed by atoms with Gasteiger partial charge in [-0.15, -0.1) is 0 Å². The van der Waals surface area contributed by atoms with Gasteiger partial charge in [-0.05, 0) is 37.0 Å². The number of hydrogen-bond donors (Lipinski definition) is 2. The maximum atomic E-state index is 12.3. The van der Waals surface area contributed by atoms with Gasteiger partial charge in [0.15, 0.2) is 5.96 Å². The van der Waals surface area contributed by atoms with Crippen LogP contribution in [0.5, 0.6) is 0 Å². The van der Waals surface area contributed by atoms with Crippen molar-refractivity contribution >= 4 is 5.96 Å². The fourth-order valence-electron chi connectivity index (χ4n) is 1.51. The summed E-state index contributed by atoms with van der Waals surface area (Å²) in [5, 5.41) is 0. The summed E-state index contributed by atoms with van der Waals surface area (Å²) in [5.41, 5.74) is 10.6. The summed E-state index contributed by atoms with van der Waals surface area (Å²) < 4.78 is 36.9. The maximum absolute atomic E-state index is 12.3. The Balaban J connectivity index is 2.38. The minimum atomic E-state index is -4.27. The average molecular weight is 259 g/mol. The van der Waals surface area contributed by atoms with E-state index in [2.05, 4.69) is 4.99 Å². The topological polar surface area (TPSA) is 64.4 Å². The van der Waals surface area contributed by atoms with Gasteiger partial charge < -0.3 is 11.5 Å². The summed E-state index contributed by atoms with van der Waals surface area (Å²) in [7, 11) is 0. The lowest BCUT2D eigenvalue weighted by Gasteiger charge is -2.07. The molecular weight excluding hydrogens is 243 g/mol. The largest absolute Gasteiger partial charge is 0.416 e. The molecule has 6 heteroatoms. The molecule has 0 aliphatic carbocycles. The van der Waals surface area contributed by atoms with E-state index in [0.717, 1.165) is 37.0 Å². The van der Waals surface area contributed by atoms with Gasteiger partial charge in [-0.2, -0.15) is 13.2 Å². The van der Waals surface area contributed by atoms with Crippen LogP contribution >= 0.6 is 0 Å². The van der Waals surface area contributed by atoms with Crippen LogP contribution in [0, 0.1) is 0 Å². The van der Waals surface area contributed by atoms with E-state index in [1.165, 1.54) is 12.1 Å². The lowest BCUT2D eigenvalue weighted by Crippen LogP contribution is -2.22. The normalized spacial score (nSPS) is 11.3. The average Bonchev–Trinajstić information content (AvgIpc) is 2.27. The molecule has 0 unspecified atom stereocenters. The molecule has 1 aromatic carbocycles.